The molecule has 0 spiro atoms. The van der Waals surface area contributed by atoms with E-state index in [4.69, 9.17) is 23.3 Å². The molecule has 0 fully saturated rings. The first-order valence-corrected chi connectivity index (χ1v) is 11.7. The van der Waals surface area contributed by atoms with E-state index in [1.54, 1.807) is 0 Å². The molecule has 2 unspecified atom stereocenters. The highest BCUT2D eigenvalue weighted by atomic mass is 31.2. The second kappa shape index (κ2) is 10.1. The van der Waals surface area contributed by atoms with Crippen molar-refractivity contribution in [2.24, 2.45) is 0 Å². The highest BCUT2D eigenvalue weighted by molar-refractivity contribution is 7.47. The van der Waals surface area contributed by atoms with Crippen molar-refractivity contribution in [3.8, 4) is 17.4 Å². The maximum atomic E-state index is 14.8. The van der Waals surface area contributed by atoms with Gasteiger partial charge in [0, 0.05) is 6.08 Å². The van der Waals surface area contributed by atoms with E-state index in [-0.39, 0.29) is 6.35 Å². The van der Waals surface area contributed by atoms with Gasteiger partial charge in [0.2, 0.25) is 5.88 Å². The molecular formula is C23H20FN4O5P. The maximum absolute atomic E-state index is 14.8. The molecule has 11 heteroatoms. The van der Waals surface area contributed by atoms with Crippen molar-refractivity contribution in [1.29, 1.82) is 0 Å². The van der Waals surface area contributed by atoms with Gasteiger partial charge in [-0.3, -0.25) is 4.57 Å². The highest BCUT2D eigenvalue weighted by Gasteiger charge is 2.32. The van der Waals surface area contributed by atoms with E-state index in [0.717, 1.165) is 0 Å². The Labute approximate surface area is 195 Å². The smallest absolute Gasteiger partial charge is 0.318 e. The van der Waals surface area contributed by atoms with Crippen molar-refractivity contribution in [3.63, 3.8) is 0 Å². The Bertz CT molecular complexity index is 1230. The van der Waals surface area contributed by atoms with Crippen LogP contribution < -0.4 is 13.8 Å². The largest absolute Gasteiger partial charge is 0.479 e. The monoisotopic (exact) mass is 482 g/mol. The van der Waals surface area contributed by atoms with Gasteiger partial charge < -0.3 is 23.3 Å². The fraction of sp³-hybridized carbons (Fsp3) is 0.174. The lowest BCUT2D eigenvalue weighted by Gasteiger charge is -2.21. The molecule has 0 N–H and O–H groups in total. The zero-order valence-corrected chi connectivity index (χ0v) is 18.9. The SMILES string of the molecule is COc1ncnc2c1ncn2C1OC(OCP(Oc2ccccc2)Oc2ccccc2)C=C1F. The van der Waals surface area contributed by atoms with Crippen molar-refractivity contribution in [2.45, 2.75) is 12.5 Å². The lowest BCUT2D eigenvalue weighted by Crippen LogP contribution is -2.17. The average Bonchev–Trinajstić information content (AvgIpc) is 3.46. The molecule has 3 heterocycles. The van der Waals surface area contributed by atoms with Crippen molar-refractivity contribution in [1.82, 2.24) is 19.5 Å². The van der Waals surface area contributed by atoms with Crippen LogP contribution >= 0.6 is 8.38 Å². The minimum Gasteiger partial charge on any atom is -0.479 e. The van der Waals surface area contributed by atoms with Crippen LogP contribution in [0.3, 0.4) is 0 Å². The Hall–Kier alpha value is -3.59. The van der Waals surface area contributed by atoms with E-state index in [1.807, 2.05) is 60.7 Å². The predicted octanol–water partition coefficient (Wildman–Crippen LogP) is 4.99. The number of methoxy groups -OCH3 is 1. The standard InChI is InChI=1S/C23H20FN4O5P/c1-29-22-20-21(25-13-26-22)28(14-27-20)23-18(24)12-19(31-23)30-15-34(32-16-8-4-2-5-9-16)33-17-10-6-3-7-11-17/h2-14,19,23H,15H2,1H3. The fourth-order valence-electron chi connectivity index (χ4n) is 3.28. The lowest BCUT2D eigenvalue weighted by molar-refractivity contribution is -0.128. The van der Waals surface area contributed by atoms with E-state index < -0.39 is 26.7 Å². The number of nitrogens with zero attached hydrogens (tertiary/aromatic N) is 4. The van der Waals surface area contributed by atoms with Crippen LogP contribution in [0.2, 0.25) is 0 Å². The zero-order chi connectivity index (χ0) is 23.3. The third-order valence-corrected chi connectivity index (χ3v) is 6.00. The van der Waals surface area contributed by atoms with E-state index in [9.17, 15) is 4.39 Å². The predicted molar refractivity (Wildman–Crippen MR) is 122 cm³/mol. The molecule has 0 radical (unpaired) electrons. The molecule has 5 rings (SSSR count). The third-order valence-electron chi connectivity index (χ3n) is 4.81. The van der Waals surface area contributed by atoms with Gasteiger partial charge in [0.25, 0.3) is 0 Å². The topological polar surface area (TPSA) is 89.8 Å². The number of imidazole rings is 1. The normalized spacial score (nSPS) is 17.7. The summed E-state index contributed by atoms with van der Waals surface area (Å²) >= 11 is 0. The Balaban J connectivity index is 1.28. The number of hydrogen-bond donors (Lipinski definition) is 0. The lowest BCUT2D eigenvalue weighted by atomic mass is 10.3. The molecular weight excluding hydrogens is 462 g/mol. The van der Waals surface area contributed by atoms with Gasteiger partial charge in [-0.1, -0.05) is 36.4 Å². The quantitative estimate of drug-likeness (QED) is 0.309. The summed E-state index contributed by atoms with van der Waals surface area (Å²) in [7, 11) is -0.0714. The van der Waals surface area contributed by atoms with Gasteiger partial charge in [0.15, 0.2) is 29.5 Å². The number of aromatic nitrogens is 4. The summed E-state index contributed by atoms with van der Waals surface area (Å²) in [6.07, 6.45) is 2.01. The van der Waals surface area contributed by atoms with E-state index in [2.05, 4.69) is 15.0 Å². The molecule has 4 aromatic rings. The van der Waals surface area contributed by atoms with Crippen LogP contribution in [0.5, 0.6) is 17.4 Å². The molecule has 34 heavy (non-hydrogen) atoms. The summed E-state index contributed by atoms with van der Waals surface area (Å²) in [4.78, 5) is 12.4. The molecule has 0 amide bonds. The van der Waals surface area contributed by atoms with Crippen molar-refractivity contribution in [3.05, 3.63) is 85.2 Å². The van der Waals surface area contributed by atoms with Crippen LogP contribution in [0.25, 0.3) is 11.2 Å². The van der Waals surface area contributed by atoms with E-state index >= 15 is 0 Å². The molecule has 174 valence electrons. The zero-order valence-electron chi connectivity index (χ0n) is 18.0. The summed E-state index contributed by atoms with van der Waals surface area (Å²) in [6.45, 7) is 0. The van der Waals surface area contributed by atoms with Crippen LogP contribution in [0.15, 0.2) is 85.2 Å². The summed E-state index contributed by atoms with van der Waals surface area (Å²) in [5.74, 6) is 1.04. The summed E-state index contributed by atoms with van der Waals surface area (Å²) in [5, 5.41) is 0. The maximum Gasteiger partial charge on any atom is 0.318 e. The molecule has 9 nitrogen and oxygen atoms in total. The number of fused-ring (bicyclic) bond motifs is 1. The fourth-order valence-corrected chi connectivity index (χ4v) is 4.41. The first-order chi connectivity index (χ1) is 16.7. The molecule has 0 aliphatic carbocycles. The van der Waals surface area contributed by atoms with E-state index in [0.29, 0.717) is 28.5 Å². The van der Waals surface area contributed by atoms with Crippen molar-refractivity contribution >= 4 is 19.5 Å². The van der Waals surface area contributed by atoms with Gasteiger partial charge >= 0.3 is 8.38 Å². The number of benzene rings is 2. The van der Waals surface area contributed by atoms with Gasteiger partial charge in [0.05, 0.1) is 13.4 Å². The van der Waals surface area contributed by atoms with Crippen molar-refractivity contribution < 1.29 is 27.6 Å². The molecule has 0 bridgehead atoms. The van der Waals surface area contributed by atoms with Crippen LogP contribution in [0.4, 0.5) is 4.39 Å². The summed E-state index contributed by atoms with van der Waals surface area (Å²) in [6, 6.07) is 18.5. The Morgan fingerprint density at radius 3 is 2.29 bits per heavy atom. The molecule has 2 aromatic carbocycles. The highest BCUT2D eigenvalue weighted by Crippen LogP contribution is 2.42. The van der Waals surface area contributed by atoms with Crippen molar-refractivity contribution in [2.75, 3.05) is 13.5 Å². The molecule has 2 aromatic heterocycles. The van der Waals surface area contributed by atoms with Gasteiger partial charge in [-0.05, 0) is 24.3 Å². The minimum absolute atomic E-state index is 0.0426. The summed E-state index contributed by atoms with van der Waals surface area (Å²) < 4.78 is 45.0. The second-order valence-corrected chi connectivity index (χ2v) is 8.34. The molecule has 0 saturated carbocycles. The average molecular weight is 482 g/mol. The van der Waals surface area contributed by atoms with Gasteiger partial charge in [0.1, 0.15) is 24.2 Å². The second-order valence-electron chi connectivity index (χ2n) is 7.05. The first-order valence-electron chi connectivity index (χ1n) is 10.3. The van der Waals surface area contributed by atoms with Crippen LogP contribution in [-0.2, 0) is 9.47 Å². The van der Waals surface area contributed by atoms with E-state index in [1.165, 1.54) is 30.4 Å². The molecule has 1 aliphatic rings. The Morgan fingerprint density at radius 2 is 1.65 bits per heavy atom. The number of ether oxygens (including phenoxy) is 3. The first kappa shape index (κ1) is 22.2. The summed E-state index contributed by atoms with van der Waals surface area (Å²) in [5.41, 5.74) is 0.782. The number of halogens is 1. The Kier molecular flexibility index (Phi) is 6.62. The minimum atomic E-state index is -1.55. The number of rotatable bonds is 9. The van der Waals surface area contributed by atoms with Gasteiger partial charge in [-0.2, -0.15) is 4.98 Å². The van der Waals surface area contributed by atoms with Gasteiger partial charge in [-0.25, -0.2) is 14.4 Å². The Morgan fingerprint density at radius 1 is 0.971 bits per heavy atom. The number of para-hydroxylation sites is 2. The number of hydrogen-bond acceptors (Lipinski definition) is 8. The van der Waals surface area contributed by atoms with Gasteiger partial charge in [-0.15, -0.1) is 0 Å². The molecule has 0 saturated heterocycles. The molecule has 2 atom stereocenters. The van der Waals surface area contributed by atoms with Crippen LogP contribution in [0, 0.1) is 0 Å². The molecule has 1 aliphatic heterocycles. The van der Waals surface area contributed by atoms with Crippen LogP contribution in [0.1, 0.15) is 6.23 Å². The van der Waals surface area contributed by atoms with Crippen LogP contribution in [-0.4, -0.2) is 39.3 Å². The third kappa shape index (κ3) is 4.84.